The van der Waals surface area contributed by atoms with E-state index in [9.17, 15) is 4.79 Å². The van der Waals surface area contributed by atoms with Crippen LogP contribution in [-0.4, -0.2) is 28.4 Å². The van der Waals surface area contributed by atoms with Crippen LogP contribution in [0.5, 0.6) is 0 Å². The van der Waals surface area contributed by atoms with E-state index in [4.69, 9.17) is 9.84 Å². The summed E-state index contributed by atoms with van der Waals surface area (Å²) >= 11 is 0. The minimum absolute atomic E-state index is 0.0329. The molecule has 4 nitrogen and oxygen atoms in total. The van der Waals surface area contributed by atoms with Gasteiger partial charge in [-0.25, -0.2) is 4.79 Å². The number of hydrogen-bond acceptors (Lipinski definition) is 2. The van der Waals surface area contributed by atoms with E-state index in [1.807, 2.05) is 13.8 Å². The molecule has 0 bridgehead atoms. The molecule has 0 radical (unpaired) electrons. The molecule has 0 saturated carbocycles. The quantitative estimate of drug-likeness (QED) is 0.780. The van der Waals surface area contributed by atoms with Crippen molar-refractivity contribution in [2.24, 2.45) is 0 Å². The summed E-state index contributed by atoms with van der Waals surface area (Å²) in [6.07, 6.45) is 1.78. The van der Waals surface area contributed by atoms with Crippen molar-refractivity contribution in [2.75, 3.05) is 6.61 Å². The predicted octanol–water partition coefficient (Wildman–Crippen LogP) is 1.61. The first-order chi connectivity index (χ1) is 6.65. The average molecular weight is 197 g/mol. The van der Waals surface area contributed by atoms with Crippen LogP contribution in [0, 0.1) is 0 Å². The Kier molecular flexibility index (Phi) is 3.71. The number of ether oxygens (including phenoxy) is 1. The average Bonchev–Trinajstić information content (AvgIpc) is 2.52. The number of carboxylic acid groups (broad SMARTS) is 1. The molecule has 0 aliphatic carbocycles. The third-order valence-electron chi connectivity index (χ3n) is 1.95. The smallest absolute Gasteiger partial charge is 0.352 e. The zero-order valence-corrected chi connectivity index (χ0v) is 8.43. The molecular formula is C10H15NO3. The standard InChI is InChI=1S/C10H15NO3/c1-3-14-8(2)7-11-6-4-5-9(11)10(12)13/h4-6,8H,3,7H2,1-2H3,(H,12,13). The highest BCUT2D eigenvalue weighted by molar-refractivity contribution is 5.85. The van der Waals surface area contributed by atoms with Gasteiger partial charge in [-0.05, 0) is 26.0 Å². The highest BCUT2D eigenvalue weighted by Crippen LogP contribution is 2.05. The molecule has 1 heterocycles. The highest BCUT2D eigenvalue weighted by atomic mass is 16.5. The number of aromatic carboxylic acids is 1. The number of hydrogen-bond donors (Lipinski definition) is 1. The number of rotatable bonds is 5. The largest absolute Gasteiger partial charge is 0.477 e. The van der Waals surface area contributed by atoms with Gasteiger partial charge in [-0.15, -0.1) is 0 Å². The van der Waals surface area contributed by atoms with Crippen molar-refractivity contribution >= 4 is 5.97 Å². The lowest BCUT2D eigenvalue weighted by molar-refractivity contribution is 0.0595. The Balaban J connectivity index is 2.66. The van der Waals surface area contributed by atoms with Crippen LogP contribution in [0.1, 0.15) is 24.3 Å². The lowest BCUT2D eigenvalue weighted by Gasteiger charge is -2.13. The molecule has 0 aliphatic heterocycles. The summed E-state index contributed by atoms with van der Waals surface area (Å²) in [6, 6.07) is 3.31. The molecule has 0 amide bonds. The lowest BCUT2D eigenvalue weighted by Crippen LogP contribution is -2.19. The number of nitrogens with zero attached hydrogens (tertiary/aromatic N) is 1. The van der Waals surface area contributed by atoms with E-state index in [1.54, 1.807) is 22.9 Å². The third-order valence-corrected chi connectivity index (χ3v) is 1.95. The Bertz CT molecular complexity index is 306. The summed E-state index contributed by atoms with van der Waals surface area (Å²) in [6.45, 7) is 5.06. The van der Waals surface area contributed by atoms with Crippen molar-refractivity contribution in [1.29, 1.82) is 0 Å². The van der Waals surface area contributed by atoms with Crippen molar-refractivity contribution in [3.8, 4) is 0 Å². The van der Waals surface area contributed by atoms with Crippen LogP contribution in [0.25, 0.3) is 0 Å². The summed E-state index contributed by atoms with van der Waals surface area (Å²) in [4.78, 5) is 10.8. The van der Waals surface area contributed by atoms with Gasteiger partial charge < -0.3 is 14.4 Å². The number of aromatic nitrogens is 1. The van der Waals surface area contributed by atoms with Crippen molar-refractivity contribution < 1.29 is 14.6 Å². The van der Waals surface area contributed by atoms with E-state index in [0.29, 0.717) is 18.8 Å². The second-order valence-electron chi connectivity index (χ2n) is 3.12. The van der Waals surface area contributed by atoms with Gasteiger partial charge >= 0.3 is 5.97 Å². The molecule has 1 rings (SSSR count). The predicted molar refractivity (Wildman–Crippen MR) is 52.5 cm³/mol. The van der Waals surface area contributed by atoms with Gasteiger partial charge in [0, 0.05) is 19.3 Å². The van der Waals surface area contributed by atoms with Crippen LogP contribution < -0.4 is 0 Å². The third kappa shape index (κ3) is 2.60. The Morgan fingerprint density at radius 1 is 1.71 bits per heavy atom. The minimum atomic E-state index is -0.904. The van der Waals surface area contributed by atoms with Gasteiger partial charge in [0.25, 0.3) is 0 Å². The molecule has 4 heteroatoms. The molecule has 0 saturated heterocycles. The molecule has 1 aromatic heterocycles. The first-order valence-electron chi connectivity index (χ1n) is 4.65. The first-order valence-corrected chi connectivity index (χ1v) is 4.65. The van der Waals surface area contributed by atoms with Crippen LogP contribution in [0.4, 0.5) is 0 Å². The van der Waals surface area contributed by atoms with E-state index in [1.165, 1.54) is 0 Å². The first kappa shape index (κ1) is 10.8. The Hall–Kier alpha value is -1.29. The molecule has 1 atom stereocenters. The molecule has 1 aromatic rings. The summed E-state index contributed by atoms with van der Waals surface area (Å²) < 4.78 is 7.02. The normalized spacial score (nSPS) is 12.7. The van der Waals surface area contributed by atoms with E-state index in [-0.39, 0.29) is 6.10 Å². The molecule has 0 aliphatic rings. The molecule has 0 aromatic carbocycles. The lowest BCUT2D eigenvalue weighted by atomic mass is 10.3. The van der Waals surface area contributed by atoms with Gasteiger partial charge in [0.1, 0.15) is 5.69 Å². The molecule has 1 N–H and O–H groups in total. The molecule has 78 valence electrons. The SMILES string of the molecule is CCOC(C)Cn1cccc1C(=O)O. The van der Waals surface area contributed by atoms with Gasteiger partial charge in [0.15, 0.2) is 0 Å². The fraction of sp³-hybridized carbons (Fsp3) is 0.500. The van der Waals surface area contributed by atoms with E-state index in [0.717, 1.165) is 0 Å². The Morgan fingerprint density at radius 2 is 2.43 bits per heavy atom. The fourth-order valence-electron chi connectivity index (χ4n) is 1.38. The zero-order valence-electron chi connectivity index (χ0n) is 8.43. The second-order valence-corrected chi connectivity index (χ2v) is 3.12. The Labute approximate surface area is 83.1 Å². The van der Waals surface area contributed by atoms with E-state index in [2.05, 4.69) is 0 Å². The maximum absolute atomic E-state index is 10.8. The van der Waals surface area contributed by atoms with Gasteiger partial charge in [-0.3, -0.25) is 0 Å². The summed E-state index contributed by atoms with van der Waals surface area (Å²) in [5, 5.41) is 8.84. The minimum Gasteiger partial charge on any atom is -0.477 e. The van der Waals surface area contributed by atoms with Crippen molar-refractivity contribution in [3.05, 3.63) is 24.0 Å². The molecule has 14 heavy (non-hydrogen) atoms. The number of carboxylic acids is 1. The van der Waals surface area contributed by atoms with Gasteiger partial charge in [0.05, 0.1) is 6.10 Å². The molecule has 0 fully saturated rings. The van der Waals surface area contributed by atoms with Crippen LogP contribution in [-0.2, 0) is 11.3 Å². The maximum Gasteiger partial charge on any atom is 0.352 e. The van der Waals surface area contributed by atoms with Crippen LogP contribution in [0.2, 0.25) is 0 Å². The van der Waals surface area contributed by atoms with Gasteiger partial charge in [-0.2, -0.15) is 0 Å². The Morgan fingerprint density at radius 3 is 3.00 bits per heavy atom. The van der Waals surface area contributed by atoms with Crippen LogP contribution in [0.15, 0.2) is 18.3 Å². The topological polar surface area (TPSA) is 51.5 Å². The van der Waals surface area contributed by atoms with Crippen LogP contribution >= 0.6 is 0 Å². The van der Waals surface area contributed by atoms with E-state index >= 15 is 0 Å². The molecular weight excluding hydrogens is 182 g/mol. The van der Waals surface area contributed by atoms with E-state index < -0.39 is 5.97 Å². The highest BCUT2D eigenvalue weighted by Gasteiger charge is 2.10. The van der Waals surface area contributed by atoms with Crippen molar-refractivity contribution in [2.45, 2.75) is 26.5 Å². The monoisotopic (exact) mass is 197 g/mol. The number of carbonyl (C=O) groups is 1. The fourth-order valence-corrected chi connectivity index (χ4v) is 1.38. The van der Waals surface area contributed by atoms with Crippen LogP contribution in [0.3, 0.4) is 0 Å². The molecule has 0 spiro atoms. The molecule has 1 unspecified atom stereocenters. The van der Waals surface area contributed by atoms with Crippen molar-refractivity contribution in [3.63, 3.8) is 0 Å². The zero-order chi connectivity index (χ0) is 10.6. The summed E-state index contributed by atoms with van der Waals surface area (Å²) in [5.74, 6) is -0.904. The van der Waals surface area contributed by atoms with Crippen molar-refractivity contribution in [1.82, 2.24) is 4.57 Å². The van der Waals surface area contributed by atoms with Gasteiger partial charge in [-0.1, -0.05) is 0 Å². The summed E-state index contributed by atoms with van der Waals surface area (Å²) in [5.41, 5.74) is 0.302. The second kappa shape index (κ2) is 4.81. The maximum atomic E-state index is 10.8. The summed E-state index contributed by atoms with van der Waals surface area (Å²) in [7, 11) is 0. The van der Waals surface area contributed by atoms with Gasteiger partial charge in [0.2, 0.25) is 0 Å².